The van der Waals surface area contributed by atoms with Gasteiger partial charge < -0.3 is 20.3 Å². The maximum absolute atomic E-state index is 12.1. The average Bonchev–Trinajstić information content (AvgIpc) is 3.17. The molecule has 6 heteroatoms. The number of para-hydroxylation sites is 2. The van der Waals surface area contributed by atoms with Crippen LogP contribution in [0.3, 0.4) is 0 Å². The summed E-state index contributed by atoms with van der Waals surface area (Å²) in [5, 5.41) is 5.45. The predicted molar refractivity (Wildman–Crippen MR) is 103 cm³/mol. The van der Waals surface area contributed by atoms with Crippen molar-refractivity contribution in [1.82, 2.24) is 0 Å². The Morgan fingerprint density at radius 2 is 1.62 bits per heavy atom. The minimum atomic E-state index is -0.388. The van der Waals surface area contributed by atoms with E-state index in [-0.39, 0.29) is 18.2 Å². The molecule has 0 atom stereocenters. The lowest BCUT2D eigenvalue weighted by atomic mass is 10.2. The van der Waals surface area contributed by atoms with Gasteiger partial charge >= 0.3 is 0 Å². The van der Waals surface area contributed by atoms with Gasteiger partial charge in [0.1, 0.15) is 12.2 Å². The van der Waals surface area contributed by atoms with Crippen molar-refractivity contribution in [2.45, 2.75) is 19.3 Å². The van der Waals surface area contributed by atoms with Crippen molar-refractivity contribution in [3.8, 4) is 5.75 Å². The van der Waals surface area contributed by atoms with Crippen LogP contribution in [0.5, 0.6) is 5.75 Å². The van der Waals surface area contributed by atoms with Crippen molar-refractivity contribution < 1.29 is 14.3 Å². The minimum Gasteiger partial charge on any atom is -0.495 e. The molecule has 0 bridgehead atoms. The van der Waals surface area contributed by atoms with Gasteiger partial charge in [-0.05, 0) is 49.2 Å². The summed E-state index contributed by atoms with van der Waals surface area (Å²) < 4.78 is 5.18. The Balaban J connectivity index is 1.52. The SMILES string of the molecule is COc1ccccc1NC(=O)CC(=O)Nc1ccc(N2CCCC2)cc1. The van der Waals surface area contributed by atoms with E-state index >= 15 is 0 Å². The molecule has 3 rings (SSSR count). The lowest BCUT2D eigenvalue weighted by Crippen LogP contribution is -2.22. The van der Waals surface area contributed by atoms with Crippen molar-refractivity contribution in [2.24, 2.45) is 0 Å². The van der Waals surface area contributed by atoms with E-state index in [2.05, 4.69) is 15.5 Å². The van der Waals surface area contributed by atoms with Crippen molar-refractivity contribution >= 4 is 28.9 Å². The Bertz CT molecular complexity index is 768. The molecule has 2 aromatic carbocycles. The monoisotopic (exact) mass is 353 g/mol. The first-order valence-corrected chi connectivity index (χ1v) is 8.73. The topological polar surface area (TPSA) is 70.7 Å². The summed E-state index contributed by atoms with van der Waals surface area (Å²) in [6.45, 7) is 2.16. The smallest absolute Gasteiger partial charge is 0.233 e. The third-order valence-electron chi connectivity index (χ3n) is 4.32. The lowest BCUT2D eigenvalue weighted by Gasteiger charge is -2.17. The molecule has 2 amide bonds. The molecular weight excluding hydrogens is 330 g/mol. The van der Waals surface area contributed by atoms with Gasteiger partial charge in [-0.3, -0.25) is 9.59 Å². The van der Waals surface area contributed by atoms with Gasteiger partial charge in [0.05, 0.1) is 12.8 Å². The fourth-order valence-electron chi connectivity index (χ4n) is 3.02. The Hall–Kier alpha value is -3.02. The summed E-state index contributed by atoms with van der Waals surface area (Å²) in [6, 6.07) is 14.8. The minimum absolute atomic E-state index is 0.258. The first kappa shape index (κ1) is 17.8. The summed E-state index contributed by atoms with van der Waals surface area (Å²) in [7, 11) is 1.53. The van der Waals surface area contributed by atoms with Gasteiger partial charge in [-0.2, -0.15) is 0 Å². The molecule has 26 heavy (non-hydrogen) atoms. The molecule has 1 aliphatic rings. The van der Waals surface area contributed by atoms with E-state index in [9.17, 15) is 9.59 Å². The second-order valence-corrected chi connectivity index (χ2v) is 6.21. The van der Waals surface area contributed by atoms with E-state index in [0.29, 0.717) is 17.1 Å². The van der Waals surface area contributed by atoms with Crippen LogP contribution in [-0.4, -0.2) is 32.0 Å². The second-order valence-electron chi connectivity index (χ2n) is 6.21. The number of benzene rings is 2. The molecule has 1 saturated heterocycles. The van der Waals surface area contributed by atoms with E-state index in [4.69, 9.17) is 4.74 Å². The fourth-order valence-corrected chi connectivity index (χ4v) is 3.02. The second kappa shape index (κ2) is 8.38. The van der Waals surface area contributed by atoms with Crippen LogP contribution >= 0.6 is 0 Å². The maximum Gasteiger partial charge on any atom is 0.233 e. The number of methoxy groups -OCH3 is 1. The third-order valence-corrected chi connectivity index (χ3v) is 4.32. The largest absolute Gasteiger partial charge is 0.495 e. The van der Waals surface area contributed by atoms with E-state index < -0.39 is 0 Å². The molecule has 0 radical (unpaired) electrons. The Labute approximate surface area is 153 Å². The van der Waals surface area contributed by atoms with E-state index in [1.54, 1.807) is 18.2 Å². The summed E-state index contributed by atoms with van der Waals surface area (Å²) >= 11 is 0. The number of anilines is 3. The van der Waals surface area contributed by atoms with Crippen LogP contribution in [0.1, 0.15) is 19.3 Å². The standard InChI is InChI=1S/C20H23N3O3/c1-26-18-7-3-2-6-17(18)22-20(25)14-19(24)21-15-8-10-16(11-9-15)23-12-4-5-13-23/h2-3,6-11H,4-5,12-14H2,1H3,(H,21,24)(H,22,25). The van der Waals surface area contributed by atoms with Crippen LogP contribution in [0.15, 0.2) is 48.5 Å². The molecule has 0 spiro atoms. The Morgan fingerprint density at radius 1 is 0.962 bits per heavy atom. The van der Waals surface area contributed by atoms with Crippen molar-refractivity contribution in [3.63, 3.8) is 0 Å². The molecule has 6 nitrogen and oxygen atoms in total. The van der Waals surface area contributed by atoms with Crippen LogP contribution in [0.25, 0.3) is 0 Å². The molecule has 0 aliphatic carbocycles. The molecule has 0 saturated carbocycles. The van der Waals surface area contributed by atoms with Gasteiger partial charge in [-0.15, -0.1) is 0 Å². The number of hydrogen-bond acceptors (Lipinski definition) is 4. The van der Waals surface area contributed by atoms with E-state index in [1.165, 1.54) is 20.0 Å². The van der Waals surface area contributed by atoms with Crippen LogP contribution < -0.4 is 20.3 Å². The van der Waals surface area contributed by atoms with Crippen molar-refractivity contribution in [3.05, 3.63) is 48.5 Å². The van der Waals surface area contributed by atoms with Gasteiger partial charge in [0.25, 0.3) is 0 Å². The molecule has 1 fully saturated rings. The molecule has 0 unspecified atom stereocenters. The number of nitrogens with one attached hydrogen (secondary N) is 2. The molecule has 0 aromatic heterocycles. The lowest BCUT2D eigenvalue weighted by molar-refractivity contribution is -0.123. The van der Waals surface area contributed by atoms with Gasteiger partial charge in [-0.25, -0.2) is 0 Å². The number of rotatable bonds is 6. The van der Waals surface area contributed by atoms with Gasteiger partial charge in [0, 0.05) is 24.5 Å². The zero-order valence-electron chi connectivity index (χ0n) is 14.8. The maximum atomic E-state index is 12.1. The van der Waals surface area contributed by atoms with Crippen LogP contribution in [-0.2, 0) is 9.59 Å². The number of hydrogen-bond donors (Lipinski definition) is 2. The Morgan fingerprint density at radius 3 is 2.31 bits per heavy atom. The number of ether oxygens (including phenoxy) is 1. The van der Waals surface area contributed by atoms with Crippen LogP contribution in [0.2, 0.25) is 0 Å². The third kappa shape index (κ3) is 4.53. The highest BCUT2D eigenvalue weighted by Crippen LogP contribution is 2.24. The zero-order valence-corrected chi connectivity index (χ0v) is 14.8. The Kier molecular flexibility index (Phi) is 5.73. The predicted octanol–water partition coefficient (Wildman–Crippen LogP) is 3.26. The quantitative estimate of drug-likeness (QED) is 0.782. The molecule has 2 N–H and O–H groups in total. The number of carbonyl (C=O) groups is 2. The molecule has 1 heterocycles. The normalized spacial score (nSPS) is 13.3. The summed E-state index contributed by atoms with van der Waals surface area (Å²) in [5.74, 6) is -0.189. The van der Waals surface area contributed by atoms with Crippen LogP contribution in [0, 0.1) is 0 Å². The molecule has 136 valence electrons. The van der Waals surface area contributed by atoms with Crippen molar-refractivity contribution in [2.75, 3.05) is 35.7 Å². The van der Waals surface area contributed by atoms with E-state index in [0.717, 1.165) is 18.8 Å². The molecule has 2 aromatic rings. The molecular formula is C20H23N3O3. The first-order valence-electron chi connectivity index (χ1n) is 8.73. The summed E-state index contributed by atoms with van der Waals surface area (Å²) in [4.78, 5) is 26.5. The van der Waals surface area contributed by atoms with E-state index in [1.807, 2.05) is 30.3 Å². The number of nitrogens with zero attached hydrogens (tertiary/aromatic N) is 1. The summed E-state index contributed by atoms with van der Waals surface area (Å²) in [6.07, 6.45) is 2.19. The van der Waals surface area contributed by atoms with Crippen LogP contribution in [0.4, 0.5) is 17.1 Å². The highest BCUT2D eigenvalue weighted by atomic mass is 16.5. The zero-order chi connectivity index (χ0) is 18.4. The van der Waals surface area contributed by atoms with Gasteiger partial charge in [0.2, 0.25) is 11.8 Å². The molecule has 1 aliphatic heterocycles. The fraction of sp³-hybridized carbons (Fsp3) is 0.300. The average molecular weight is 353 g/mol. The number of carbonyl (C=O) groups excluding carboxylic acids is 2. The van der Waals surface area contributed by atoms with Gasteiger partial charge in [-0.1, -0.05) is 12.1 Å². The first-order chi connectivity index (χ1) is 12.7. The number of amides is 2. The highest BCUT2D eigenvalue weighted by Gasteiger charge is 2.14. The van der Waals surface area contributed by atoms with Crippen molar-refractivity contribution in [1.29, 1.82) is 0 Å². The highest BCUT2D eigenvalue weighted by molar-refractivity contribution is 6.08. The summed E-state index contributed by atoms with van der Waals surface area (Å²) in [5.41, 5.74) is 2.39. The van der Waals surface area contributed by atoms with Gasteiger partial charge in [0.15, 0.2) is 0 Å².